The molecule has 0 fully saturated rings. The van der Waals surface area contributed by atoms with Crippen LogP contribution in [0.2, 0.25) is 5.15 Å². The lowest BCUT2D eigenvalue weighted by atomic mass is 10.7. The van der Waals surface area contributed by atoms with Crippen molar-refractivity contribution in [1.82, 2.24) is 9.55 Å². The van der Waals surface area contributed by atoms with Gasteiger partial charge in [0, 0.05) is 7.05 Å². The van der Waals surface area contributed by atoms with Gasteiger partial charge in [0.25, 0.3) is 0 Å². The molecule has 1 rings (SSSR count). The van der Waals surface area contributed by atoms with E-state index in [0.29, 0.717) is 5.15 Å². The summed E-state index contributed by atoms with van der Waals surface area (Å²) in [5.74, 6) is 1.95. The average Bonchev–Trinajstić information content (AvgIpc) is 2.20. The smallest absolute Gasteiger partial charge is 0.128 e. The first-order valence-electron chi connectivity index (χ1n) is 2.90. The molecule has 10 heavy (non-hydrogen) atoms. The van der Waals surface area contributed by atoms with E-state index in [4.69, 9.17) is 11.6 Å². The van der Waals surface area contributed by atoms with Crippen molar-refractivity contribution in [1.29, 1.82) is 0 Å². The largest absolute Gasteiger partial charge is 0.322 e. The highest BCUT2D eigenvalue weighted by molar-refractivity contribution is 7.97. The second-order valence-electron chi connectivity index (χ2n) is 1.99. The van der Waals surface area contributed by atoms with E-state index in [1.807, 2.05) is 17.9 Å². The molecule has 0 saturated heterocycles. The second kappa shape index (κ2) is 3.30. The number of aromatic nitrogens is 2. The van der Waals surface area contributed by atoms with E-state index in [1.54, 1.807) is 18.0 Å². The number of imidazole rings is 1. The molecule has 0 aliphatic heterocycles. The highest BCUT2D eigenvalue weighted by atomic mass is 35.5. The quantitative estimate of drug-likeness (QED) is 0.686. The molecule has 1 aromatic heterocycles. The summed E-state index contributed by atoms with van der Waals surface area (Å²) >= 11 is 7.50. The van der Waals surface area contributed by atoms with E-state index in [2.05, 4.69) is 4.98 Å². The van der Waals surface area contributed by atoms with Crippen LogP contribution < -0.4 is 0 Å². The van der Waals surface area contributed by atoms with Crippen LogP contribution >= 0.6 is 23.4 Å². The Morgan fingerprint density at radius 1 is 1.80 bits per heavy atom. The first-order valence-corrected chi connectivity index (χ1v) is 4.68. The van der Waals surface area contributed by atoms with E-state index in [0.717, 1.165) is 11.6 Å². The van der Waals surface area contributed by atoms with E-state index in [9.17, 15) is 0 Å². The number of halogens is 1. The molecule has 0 unspecified atom stereocenters. The topological polar surface area (TPSA) is 17.8 Å². The SMILES string of the molecule is CSCc1ncc(Cl)n1C. The third-order valence-electron chi connectivity index (χ3n) is 1.30. The number of thioether (sulfide) groups is 1. The molecule has 0 aliphatic carbocycles. The standard InChI is InChI=1S/C6H9ClN2S/c1-9-5(7)3-8-6(9)4-10-2/h3H,4H2,1-2H3. The van der Waals surface area contributed by atoms with E-state index in [1.165, 1.54) is 0 Å². The molecule has 0 spiro atoms. The molecule has 0 radical (unpaired) electrons. The van der Waals surface area contributed by atoms with Crippen molar-refractivity contribution in [2.24, 2.45) is 7.05 Å². The molecule has 1 aromatic rings. The summed E-state index contributed by atoms with van der Waals surface area (Å²) in [6.45, 7) is 0. The van der Waals surface area contributed by atoms with Crippen LogP contribution in [0.5, 0.6) is 0 Å². The van der Waals surface area contributed by atoms with Crippen molar-refractivity contribution in [3.63, 3.8) is 0 Å². The van der Waals surface area contributed by atoms with Crippen molar-refractivity contribution < 1.29 is 0 Å². The predicted octanol–water partition coefficient (Wildman–Crippen LogP) is 1.94. The van der Waals surface area contributed by atoms with Crippen LogP contribution in [-0.2, 0) is 12.8 Å². The Hall–Kier alpha value is -0.150. The first kappa shape index (κ1) is 7.95. The molecule has 0 N–H and O–H groups in total. The fourth-order valence-corrected chi connectivity index (χ4v) is 1.36. The van der Waals surface area contributed by atoms with Gasteiger partial charge < -0.3 is 4.57 Å². The highest BCUT2D eigenvalue weighted by Gasteiger charge is 2.01. The minimum Gasteiger partial charge on any atom is -0.322 e. The lowest BCUT2D eigenvalue weighted by Gasteiger charge is -1.98. The van der Waals surface area contributed by atoms with Gasteiger partial charge >= 0.3 is 0 Å². The fourth-order valence-electron chi connectivity index (χ4n) is 0.687. The minimum absolute atomic E-state index is 0.698. The lowest BCUT2D eigenvalue weighted by Crippen LogP contribution is -1.94. The van der Waals surface area contributed by atoms with E-state index < -0.39 is 0 Å². The third kappa shape index (κ3) is 1.47. The molecule has 0 aliphatic rings. The maximum Gasteiger partial charge on any atom is 0.128 e. The van der Waals surface area contributed by atoms with Crippen molar-refractivity contribution in [3.8, 4) is 0 Å². The lowest BCUT2D eigenvalue weighted by molar-refractivity contribution is 0.850. The first-order chi connectivity index (χ1) is 4.75. The van der Waals surface area contributed by atoms with Crippen LogP contribution in [0, 0.1) is 0 Å². The summed E-state index contributed by atoms with van der Waals surface area (Å²) in [6, 6.07) is 0. The Kier molecular flexibility index (Phi) is 2.63. The Labute approximate surface area is 69.6 Å². The average molecular weight is 177 g/mol. The third-order valence-corrected chi connectivity index (χ3v) is 2.20. The van der Waals surface area contributed by atoms with Gasteiger partial charge in [-0.05, 0) is 6.26 Å². The van der Waals surface area contributed by atoms with Crippen LogP contribution in [0.3, 0.4) is 0 Å². The second-order valence-corrected chi connectivity index (χ2v) is 3.24. The summed E-state index contributed by atoms with van der Waals surface area (Å²) in [5.41, 5.74) is 0. The fraction of sp³-hybridized carbons (Fsp3) is 0.500. The number of hydrogen-bond donors (Lipinski definition) is 0. The van der Waals surface area contributed by atoms with Gasteiger partial charge in [0.15, 0.2) is 0 Å². The summed E-state index contributed by atoms with van der Waals surface area (Å²) in [7, 11) is 1.92. The van der Waals surface area contributed by atoms with E-state index in [-0.39, 0.29) is 0 Å². The zero-order valence-electron chi connectivity index (χ0n) is 5.97. The maximum atomic E-state index is 5.76. The molecule has 4 heteroatoms. The summed E-state index contributed by atoms with van der Waals surface area (Å²) in [4.78, 5) is 4.12. The monoisotopic (exact) mass is 176 g/mol. The van der Waals surface area contributed by atoms with Crippen molar-refractivity contribution in [3.05, 3.63) is 17.2 Å². The van der Waals surface area contributed by atoms with Crippen LogP contribution in [0.25, 0.3) is 0 Å². The zero-order chi connectivity index (χ0) is 7.56. The normalized spacial score (nSPS) is 10.3. The summed E-state index contributed by atoms with van der Waals surface area (Å²) in [6.07, 6.45) is 3.72. The molecule has 1 heterocycles. The molecular weight excluding hydrogens is 168 g/mol. The molecule has 0 atom stereocenters. The van der Waals surface area contributed by atoms with Crippen molar-refractivity contribution in [2.45, 2.75) is 5.75 Å². The van der Waals surface area contributed by atoms with Crippen LogP contribution in [0.15, 0.2) is 6.20 Å². The van der Waals surface area contributed by atoms with Gasteiger partial charge in [0.2, 0.25) is 0 Å². The van der Waals surface area contributed by atoms with Gasteiger partial charge in [-0.25, -0.2) is 4.98 Å². The van der Waals surface area contributed by atoms with Crippen LogP contribution in [0.4, 0.5) is 0 Å². The Bertz CT molecular complexity index is 222. The molecular formula is C6H9ClN2S. The maximum absolute atomic E-state index is 5.76. The molecule has 0 aromatic carbocycles. The minimum atomic E-state index is 0.698. The number of rotatable bonds is 2. The van der Waals surface area contributed by atoms with Gasteiger partial charge in [-0.2, -0.15) is 11.8 Å². The highest BCUT2D eigenvalue weighted by Crippen LogP contribution is 2.12. The van der Waals surface area contributed by atoms with Crippen molar-refractivity contribution in [2.75, 3.05) is 6.26 Å². The van der Waals surface area contributed by atoms with Crippen LogP contribution in [-0.4, -0.2) is 15.8 Å². The van der Waals surface area contributed by atoms with Crippen molar-refractivity contribution >= 4 is 23.4 Å². The van der Waals surface area contributed by atoms with Gasteiger partial charge in [0.1, 0.15) is 11.0 Å². The predicted molar refractivity (Wildman–Crippen MR) is 45.4 cm³/mol. The molecule has 0 amide bonds. The Morgan fingerprint density at radius 3 is 2.90 bits per heavy atom. The molecule has 0 bridgehead atoms. The van der Waals surface area contributed by atoms with Gasteiger partial charge in [-0.3, -0.25) is 0 Å². The Balaban J connectivity index is 2.83. The number of nitrogens with zero attached hydrogens (tertiary/aromatic N) is 2. The van der Waals surface area contributed by atoms with Gasteiger partial charge in [-0.1, -0.05) is 11.6 Å². The Morgan fingerprint density at radius 2 is 2.50 bits per heavy atom. The summed E-state index contributed by atoms with van der Waals surface area (Å²) < 4.78 is 1.89. The summed E-state index contributed by atoms with van der Waals surface area (Å²) in [5, 5.41) is 0.698. The molecule has 0 saturated carbocycles. The zero-order valence-corrected chi connectivity index (χ0v) is 7.54. The van der Waals surface area contributed by atoms with E-state index >= 15 is 0 Å². The number of hydrogen-bond acceptors (Lipinski definition) is 2. The van der Waals surface area contributed by atoms with Crippen LogP contribution in [0.1, 0.15) is 5.82 Å². The van der Waals surface area contributed by atoms with Gasteiger partial charge in [0.05, 0.1) is 11.9 Å². The molecule has 2 nitrogen and oxygen atoms in total. The molecule has 56 valence electrons. The van der Waals surface area contributed by atoms with Gasteiger partial charge in [-0.15, -0.1) is 0 Å².